The largest absolute Gasteiger partial charge is 0.483 e. The number of nitrogens with zero attached hydrogens (tertiary/aromatic N) is 1. The van der Waals surface area contributed by atoms with Crippen LogP contribution < -0.4 is 15.8 Å². The number of primary amides is 1. The molecule has 0 unspecified atom stereocenters. The van der Waals surface area contributed by atoms with Gasteiger partial charge in [0.15, 0.2) is 11.7 Å². The molecule has 0 aliphatic rings. The number of rotatable bonds is 6. The number of aromatic nitrogens is 1. The molecule has 1 aromatic heterocycles. The van der Waals surface area contributed by atoms with Gasteiger partial charge in [-0.05, 0) is 11.6 Å². The van der Waals surface area contributed by atoms with Crippen LogP contribution in [0, 0.1) is 0 Å². The summed E-state index contributed by atoms with van der Waals surface area (Å²) < 4.78 is 5.65. The first kappa shape index (κ1) is 16.7. The maximum absolute atomic E-state index is 12.0. The van der Waals surface area contributed by atoms with Crippen molar-refractivity contribution in [2.24, 2.45) is 5.73 Å². The number of benzene rings is 2. The summed E-state index contributed by atoms with van der Waals surface area (Å²) in [6.45, 7) is -0.171. The number of para-hydroxylation sites is 1. The predicted molar refractivity (Wildman–Crippen MR) is 96.6 cm³/mol. The number of amides is 2. The molecule has 0 spiro atoms. The molecular formula is C18H15N3O3S. The Morgan fingerprint density at radius 1 is 1.08 bits per heavy atom. The van der Waals surface area contributed by atoms with Crippen LogP contribution in [0.25, 0.3) is 11.1 Å². The Hall–Kier alpha value is -3.19. The average molecular weight is 353 g/mol. The second-order valence-corrected chi connectivity index (χ2v) is 6.12. The summed E-state index contributed by atoms with van der Waals surface area (Å²) in [5.74, 6) is -0.333. The Balaban J connectivity index is 1.65. The monoisotopic (exact) mass is 353 g/mol. The van der Waals surface area contributed by atoms with E-state index in [1.165, 1.54) is 6.20 Å². The highest BCUT2D eigenvalue weighted by atomic mass is 32.1. The van der Waals surface area contributed by atoms with Crippen LogP contribution in [0.1, 0.15) is 9.67 Å². The zero-order valence-electron chi connectivity index (χ0n) is 13.1. The van der Waals surface area contributed by atoms with Gasteiger partial charge in [0.25, 0.3) is 11.8 Å². The number of hydrogen-bond acceptors (Lipinski definition) is 5. The molecule has 0 saturated carbocycles. The third kappa shape index (κ3) is 4.21. The van der Waals surface area contributed by atoms with E-state index in [9.17, 15) is 9.59 Å². The van der Waals surface area contributed by atoms with Crippen molar-refractivity contribution in [1.29, 1.82) is 0 Å². The molecule has 7 heteroatoms. The fourth-order valence-electron chi connectivity index (χ4n) is 2.19. The molecule has 0 radical (unpaired) electrons. The molecule has 3 rings (SSSR count). The fraction of sp³-hybridized carbons (Fsp3) is 0.0556. The first-order valence-corrected chi connectivity index (χ1v) is 8.28. The van der Waals surface area contributed by atoms with Gasteiger partial charge in [-0.1, -0.05) is 59.9 Å². The van der Waals surface area contributed by atoms with Gasteiger partial charge >= 0.3 is 0 Å². The second kappa shape index (κ2) is 7.59. The molecule has 1 heterocycles. The average Bonchev–Trinajstić information content (AvgIpc) is 3.10. The first-order chi connectivity index (χ1) is 12.1. The summed E-state index contributed by atoms with van der Waals surface area (Å²) in [6, 6.07) is 17.3. The number of thiazole rings is 1. The van der Waals surface area contributed by atoms with Crippen LogP contribution in [0.15, 0.2) is 60.8 Å². The van der Waals surface area contributed by atoms with Crippen molar-refractivity contribution >= 4 is 28.3 Å². The van der Waals surface area contributed by atoms with Gasteiger partial charge < -0.3 is 10.5 Å². The minimum absolute atomic E-state index is 0.171. The quantitative estimate of drug-likeness (QED) is 0.712. The second-order valence-electron chi connectivity index (χ2n) is 5.09. The zero-order valence-corrected chi connectivity index (χ0v) is 14.0. The van der Waals surface area contributed by atoms with Crippen LogP contribution in [0.5, 0.6) is 5.75 Å². The van der Waals surface area contributed by atoms with Gasteiger partial charge in [0.05, 0.1) is 6.20 Å². The molecule has 0 saturated heterocycles. The van der Waals surface area contributed by atoms with Gasteiger partial charge in [-0.2, -0.15) is 0 Å². The SMILES string of the molecule is NC(=O)c1cnc(NC(=O)COc2ccccc2-c2ccccc2)s1. The molecule has 2 amide bonds. The molecule has 3 aromatic rings. The van der Waals surface area contributed by atoms with Gasteiger partial charge in [-0.15, -0.1) is 0 Å². The third-order valence-corrected chi connectivity index (χ3v) is 4.25. The normalized spacial score (nSPS) is 10.2. The van der Waals surface area contributed by atoms with E-state index in [1.807, 2.05) is 54.6 Å². The van der Waals surface area contributed by atoms with E-state index in [0.29, 0.717) is 10.9 Å². The number of nitrogens with two attached hydrogens (primary N) is 1. The Bertz CT molecular complexity index is 893. The summed E-state index contributed by atoms with van der Waals surface area (Å²) >= 11 is 1.02. The van der Waals surface area contributed by atoms with Gasteiger partial charge in [0, 0.05) is 5.56 Å². The molecule has 6 nitrogen and oxygen atoms in total. The molecule has 0 aliphatic carbocycles. The van der Waals surface area contributed by atoms with E-state index in [-0.39, 0.29) is 17.4 Å². The summed E-state index contributed by atoms with van der Waals surface area (Å²) in [5.41, 5.74) is 7.07. The van der Waals surface area contributed by atoms with Crippen molar-refractivity contribution in [1.82, 2.24) is 4.98 Å². The van der Waals surface area contributed by atoms with E-state index < -0.39 is 5.91 Å². The Kier molecular flexibility index (Phi) is 5.06. The number of nitrogens with one attached hydrogen (secondary N) is 1. The van der Waals surface area contributed by atoms with E-state index in [2.05, 4.69) is 10.3 Å². The maximum atomic E-state index is 12.0. The lowest BCUT2D eigenvalue weighted by Crippen LogP contribution is -2.20. The van der Waals surface area contributed by atoms with Crippen molar-refractivity contribution < 1.29 is 14.3 Å². The smallest absolute Gasteiger partial charge is 0.264 e. The molecule has 2 aromatic carbocycles. The van der Waals surface area contributed by atoms with Crippen molar-refractivity contribution in [3.05, 3.63) is 65.7 Å². The number of carbonyl (C=O) groups is 2. The molecular weight excluding hydrogens is 338 g/mol. The Morgan fingerprint density at radius 2 is 1.80 bits per heavy atom. The third-order valence-electron chi connectivity index (χ3n) is 3.33. The van der Waals surface area contributed by atoms with E-state index in [4.69, 9.17) is 10.5 Å². The topological polar surface area (TPSA) is 94.3 Å². The first-order valence-electron chi connectivity index (χ1n) is 7.46. The lowest BCUT2D eigenvalue weighted by Gasteiger charge is -2.11. The van der Waals surface area contributed by atoms with Crippen molar-refractivity contribution in [3.63, 3.8) is 0 Å². The highest BCUT2D eigenvalue weighted by Crippen LogP contribution is 2.29. The standard InChI is InChI=1S/C18H15N3O3S/c19-17(23)15-10-20-18(25-15)21-16(22)11-24-14-9-5-4-8-13(14)12-6-2-1-3-7-12/h1-10H,11H2,(H2,19,23)(H,20,21,22). The van der Waals surface area contributed by atoms with Crippen LogP contribution >= 0.6 is 11.3 Å². The number of anilines is 1. The van der Waals surface area contributed by atoms with Crippen LogP contribution in [0.2, 0.25) is 0 Å². The van der Waals surface area contributed by atoms with Crippen LogP contribution in [0.3, 0.4) is 0 Å². The molecule has 3 N–H and O–H groups in total. The van der Waals surface area contributed by atoms with Crippen molar-refractivity contribution in [2.45, 2.75) is 0 Å². The lowest BCUT2D eigenvalue weighted by molar-refractivity contribution is -0.118. The van der Waals surface area contributed by atoms with Gasteiger partial charge in [0.1, 0.15) is 10.6 Å². The molecule has 0 aliphatic heterocycles. The van der Waals surface area contributed by atoms with Crippen molar-refractivity contribution in [2.75, 3.05) is 11.9 Å². The van der Waals surface area contributed by atoms with Crippen LogP contribution in [-0.2, 0) is 4.79 Å². The molecule has 0 bridgehead atoms. The number of carbonyl (C=O) groups excluding carboxylic acids is 2. The highest BCUT2D eigenvalue weighted by Gasteiger charge is 2.11. The van der Waals surface area contributed by atoms with Gasteiger partial charge in [-0.25, -0.2) is 4.98 Å². The molecule has 0 atom stereocenters. The molecule has 126 valence electrons. The zero-order chi connectivity index (χ0) is 17.6. The minimum atomic E-state index is -0.578. The number of hydrogen-bond donors (Lipinski definition) is 2. The summed E-state index contributed by atoms with van der Waals surface area (Å²) in [5, 5.41) is 2.89. The van der Waals surface area contributed by atoms with Crippen molar-refractivity contribution in [3.8, 4) is 16.9 Å². The van der Waals surface area contributed by atoms with E-state index in [1.54, 1.807) is 0 Å². The predicted octanol–water partition coefficient (Wildman–Crippen LogP) is 2.93. The Labute approximate surface area is 148 Å². The molecule has 0 fully saturated rings. The summed E-state index contributed by atoms with van der Waals surface area (Å²) in [6.07, 6.45) is 1.33. The minimum Gasteiger partial charge on any atom is -0.483 e. The van der Waals surface area contributed by atoms with Crippen LogP contribution in [0.4, 0.5) is 5.13 Å². The number of ether oxygens (including phenoxy) is 1. The Morgan fingerprint density at radius 3 is 2.52 bits per heavy atom. The summed E-state index contributed by atoms with van der Waals surface area (Å²) in [7, 11) is 0. The van der Waals surface area contributed by atoms with E-state index in [0.717, 1.165) is 22.5 Å². The van der Waals surface area contributed by atoms with E-state index >= 15 is 0 Å². The molecule has 25 heavy (non-hydrogen) atoms. The van der Waals surface area contributed by atoms with Gasteiger partial charge in [0.2, 0.25) is 0 Å². The maximum Gasteiger partial charge on any atom is 0.264 e. The van der Waals surface area contributed by atoms with Crippen LogP contribution in [-0.4, -0.2) is 23.4 Å². The fourth-order valence-corrected chi connectivity index (χ4v) is 2.88. The lowest BCUT2D eigenvalue weighted by atomic mass is 10.1. The van der Waals surface area contributed by atoms with Gasteiger partial charge in [-0.3, -0.25) is 14.9 Å². The summed E-state index contributed by atoms with van der Waals surface area (Å²) in [4.78, 5) is 27.3. The highest BCUT2D eigenvalue weighted by molar-refractivity contribution is 7.17.